The number of anilines is 1. The van der Waals surface area contributed by atoms with E-state index in [4.69, 9.17) is 38.1 Å². The van der Waals surface area contributed by atoms with Gasteiger partial charge in [0, 0.05) is 72.8 Å². The van der Waals surface area contributed by atoms with Crippen LogP contribution in [0.3, 0.4) is 0 Å². The summed E-state index contributed by atoms with van der Waals surface area (Å²) < 4.78 is 55.4. The number of rotatable bonds is 31. The summed E-state index contributed by atoms with van der Waals surface area (Å²) in [5, 5.41) is 25.9. The monoisotopic (exact) mass is 1270 g/mol. The van der Waals surface area contributed by atoms with E-state index in [2.05, 4.69) is 26.6 Å². The van der Waals surface area contributed by atoms with E-state index >= 15 is 4.39 Å². The molecule has 0 saturated carbocycles. The number of aryl methyl sites for hydroxylation is 1. The topological polar surface area (TPSA) is 337 Å². The summed E-state index contributed by atoms with van der Waals surface area (Å²) in [4.78, 5) is 135. The number of carbonyl (C=O) groups excluding carboxylic acids is 9. The van der Waals surface area contributed by atoms with Gasteiger partial charge in [0.05, 0.1) is 87.9 Å². The van der Waals surface area contributed by atoms with Crippen LogP contribution in [0, 0.1) is 18.7 Å². The Hall–Kier alpha value is -8.50. The minimum atomic E-state index is -2.06. The van der Waals surface area contributed by atoms with Crippen molar-refractivity contribution in [1.29, 1.82) is 0 Å². The third-order valence-corrected chi connectivity index (χ3v) is 15.8. The van der Waals surface area contributed by atoms with E-state index < -0.39 is 94.2 Å². The maximum atomic E-state index is 15.5. The van der Waals surface area contributed by atoms with Crippen molar-refractivity contribution >= 4 is 70.1 Å². The van der Waals surface area contributed by atoms with Gasteiger partial charge in [-0.25, -0.2) is 19.0 Å². The molecule has 0 saturated heterocycles. The highest BCUT2D eigenvalue weighted by Gasteiger charge is 2.46. The van der Waals surface area contributed by atoms with Crippen molar-refractivity contribution in [3.05, 3.63) is 104 Å². The van der Waals surface area contributed by atoms with Gasteiger partial charge in [-0.3, -0.25) is 43.3 Å². The summed E-state index contributed by atoms with van der Waals surface area (Å²) in [5.74, 6) is -5.33. The first kappa shape index (κ1) is 68.4. The van der Waals surface area contributed by atoms with E-state index in [1.165, 1.54) is 10.6 Å². The molecule has 0 radical (unpaired) electrons. The van der Waals surface area contributed by atoms with Crippen molar-refractivity contribution in [2.75, 3.05) is 71.3 Å². The number of hydrogen-bond donors (Lipinski definition) is 6. The average Bonchev–Trinajstić information content (AvgIpc) is 1.63. The highest BCUT2D eigenvalue weighted by molar-refractivity contribution is 6.13. The third-order valence-electron chi connectivity index (χ3n) is 15.8. The zero-order valence-corrected chi connectivity index (χ0v) is 52.2. The number of aliphatic hydroxyl groups is 1. The van der Waals surface area contributed by atoms with Crippen LogP contribution in [0.15, 0.2) is 53.3 Å². The summed E-state index contributed by atoms with van der Waals surface area (Å²) in [7, 11) is 0. The average molecular weight is 1270 g/mol. The Morgan fingerprint density at radius 2 is 1.48 bits per heavy atom. The molecule has 4 atom stereocenters. The fourth-order valence-corrected chi connectivity index (χ4v) is 11.1. The molecular weight excluding hydrogens is 1190 g/mol. The fraction of sp³-hybridized carbons (Fsp3) is 0.516. The molecule has 7 amide bonds. The number of halogens is 1. The Kier molecular flexibility index (Phi) is 23.0. The van der Waals surface area contributed by atoms with Crippen LogP contribution in [0.4, 0.5) is 14.9 Å². The van der Waals surface area contributed by atoms with E-state index in [-0.39, 0.29) is 128 Å². The molecule has 1 aliphatic carbocycles. The molecule has 2 aromatic carbocycles. The molecule has 4 aromatic rings. The Labute approximate surface area is 524 Å². The summed E-state index contributed by atoms with van der Waals surface area (Å²) in [6.45, 7) is 13.5. The van der Waals surface area contributed by atoms with Crippen LogP contribution >= 0.6 is 0 Å². The van der Waals surface area contributed by atoms with E-state index in [0.717, 1.165) is 22.6 Å². The van der Waals surface area contributed by atoms with Gasteiger partial charge in [-0.1, -0.05) is 32.9 Å². The van der Waals surface area contributed by atoms with Gasteiger partial charge >= 0.3 is 18.0 Å². The SMILES string of the molecule is CC[C@@]1(O)C(=O)OCc2c1cc1n(c2=O)Cc2c-1nc1cc(F)c(C)c3c1c2[C@@H](NC(=O)OCc1ccc(NC(=O)[C@H](CCC(=O)OC(C)(C)C)NC(=O)[C@@H](NC(=O)CCOCCOCCOCCOCCNC(=O)CCN2C(=O)C=CC2=O)C(C)C)cc1)CC3. The minimum Gasteiger partial charge on any atom is -0.460 e. The molecule has 27 heteroatoms. The van der Waals surface area contributed by atoms with E-state index in [9.17, 15) is 53.1 Å². The minimum absolute atomic E-state index is 0.00368. The zero-order chi connectivity index (χ0) is 65.7. The molecule has 26 nitrogen and oxygen atoms in total. The predicted octanol–water partition coefficient (Wildman–Crippen LogP) is 4.01. The molecule has 0 spiro atoms. The summed E-state index contributed by atoms with van der Waals surface area (Å²) in [6.07, 6.45) is 1.81. The number of benzene rings is 2. The fourth-order valence-electron chi connectivity index (χ4n) is 11.1. The van der Waals surface area contributed by atoms with Gasteiger partial charge in [0.25, 0.3) is 17.4 Å². The Morgan fingerprint density at radius 3 is 2.13 bits per heavy atom. The lowest BCUT2D eigenvalue weighted by molar-refractivity contribution is -0.172. The first-order valence-electron chi connectivity index (χ1n) is 30.4. The number of pyridine rings is 2. The van der Waals surface area contributed by atoms with Crippen LogP contribution in [0.1, 0.15) is 125 Å². The van der Waals surface area contributed by atoms with Gasteiger partial charge in [-0.05, 0) is 99.7 Å². The maximum absolute atomic E-state index is 15.5. The Balaban J connectivity index is 0.783. The molecule has 3 aliphatic heterocycles. The second-order valence-corrected chi connectivity index (χ2v) is 23.7. The number of esters is 2. The van der Waals surface area contributed by atoms with Crippen molar-refractivity contribution in [1.82, 2.24) is 35.7 Å². The van der Waals surface area contributed by atoms with Gasteiger partial charge in [0.2, 0.25) is 23.6 Å². The molecule has 6 N–H and O–H groups in total. The molecule has 490 valence electrons. The van der Waals surface area contributed by atoms with E-state index in [1.807, 2.05) is 0 Å². The largest absolute Gasteiger partial charge is 0.460 e. The molecule has 0 bridgehead atoms. The molecule has 5 heterocycles. The highest BCUT2D eigenvalue weighted by atomic mass is 19.1. The third kappa shape index (κ3) is 17.1. The number of hydrogen-bond acceptors (Lipinski definition) is 19. The normalized spacial score (nSPS) is 17.0. The van der Waals surface area contributed by atoms with Gasteiger partial charge in [0.15, 0.2) is 5.60 Å². The van der Waals surface area contributed by atoms with Crippen molar-refractivity contribution in [3.8, 4) is 11.4 Å². The van der Waals surface area contributed by atoms with Crippen molar-refractivity contribution in [3.63, 3.8) is 0 Å². The summed E-state index contributed by atoms with van der Waals surface area (Å²) >= 11 is 0. The number of nitrogens with zero attached hydrogens (tertiary/aromatic N) is 3. The van der Waals surface area contributed by atoms with Gasteiger partial charge in [0.1, 0.15) is 36.7 Å². The van der Waals surface area contributed by atoms with Crippen LogP contribution in [-0.2, 0) is 103 Å². The number of fused-ring (bicyclic) bond motifs is 5. The molecule has 0 unspecified atom stereocenters. The molecule has 2 aromatic heterocycles. The smallest absolute Gasteiger partial charge is 0.407 e. The van der Waals surface area contributed by atoms with Gasteiger partial charge < -0.3 is 69.4 Å². The van der Waals surface area contributed by atoms with Crippen molar-refractivity contribution < 1.29 is 85.8 Å². The highest BCUT2D eigenvalue weighted by Crippen LogP contribution is 2.46. The maximum Gasteiger partial charge on any atom is 0.407 e. The first-order chi connectivity index (χ1) is 43.4. The number of aromatic nitrogens is 2. The standard InChI is InChI=1S/C64H79FN8O18/c1-8-64(84)43-31-48-57-41(33-73(48)60(81)42(43)35-89-61(64)82)55-45(14-13-40-37(4)44(65)32-47(68-57)54(40)55)70-62(83)90-34-38-9-11-39(12-10-38)67-58(79)46(15-18-53(78)91-63(5,6)7)69-59(80)56(36(2)3)71-50(75)20-23-85-25-27-87-29-30-88-28-26-86-24-21-66-49(74)19-22-72-51(76)16-17-52(72)77/h9-12,16-17,31-32,36,45-46,56,84H,8,13-15,18-30,33-35H2,1-7H3,(H,66,74)(H,67,79)(H,69,80)(H,70,83)(H,71,75)/t45-,46-,56-,64-/m0/s1. The Bertz CT molecular complexity index is 3510. The lowest BCUT2D eigenvalue weighted by Gasteiger charge is -2.31. The van der Waals surface area contributed by atoms with Crippen molar-refractivity contribution in [2.24, 2.45) is 5.92 Å². The molecule has 91 heavy (non-hydrogen) atoms. The van der Waals surface area contributed by atoms with Gasteiger partial charge in [-0.15, -0.1) is 0 Å². The van der Waals surface area contributed by atoms with Crippen LogP contribution in [-0.4, -0.2) is 157 Å². The molecular formula is C64H79FN8O18. The lowest BCUT2D eigenvalue weighted by Crippen LogP contribution is -2.54. The second-order valence-electron chi connectivity index (χ2n) is 23.7. The number of ether oxygens (including phenoxy) is 7. The number of cyclic esters (lactones) is 1. The number of amides is 7. The predicted molar refractivity (Wildman–Crippen MR) is 324 cm³/mol. The van der Waals surface area contributed by atoms with Crippen LogP contribution in [0.5, 0.6) is 0 Å². The molecule has 0 fully saturated rings. The van der Waals surface area contributed by atoms with Crippen LogP contribution in [0.2, 0.25) is 0 Å². The molecule has 8 rings (SSSR count). The second kappa shape index (κ2) is 30.5. The number of imide groups is 1. The number of carbonyl (C=O) groups is 9. The summed E-state index contributed by atoms with van der Waals surface area (Å²) in [6, 6.07) is 6.32. The number of alkyl carbamates (subject to hydrolysis) is 1. The lowest BCUT2D eigenvalue weighted by atomic mass is 9.81. The van der Waals surface area contributed by atoms with Crippen LogP contribution < -0.4 is 32.1 Å². The zero-order valence-electron chi connectivity index (χ0n) is 52.2. The van der Waals surface area contributed by atoms with E-state index in [1.54, 1.807) is 78.8 Å². The first-order valence-corrected chi connectivity index (χ1v) is 30.4. The van der Waals surface area contributed by atoms with E-state index in [0.29, 0.717) is 69.7 Å². The summed E-state index contributed by atoms with van der Waals surface area (Å²) in [5.41, 5.74) is 1.25. The van der Waals surface area contributed by atoms with Crippen LogP contribution in [0.25, 0.3) is 22.3 Å². The quantitative estimate of drug-likeness (QED) is 0.0158. The molecule has 4 aliphatic rings. The number of nitrogens with one attached hydrogen (secondary N) is 5. The van der Waals surface area contributed by atoms with Gasteiger partial charge in [-0.2, -0.15) is 0 Å². The van der Waals surface area contributed by atoms with Crippen molar-refractivity contribution in [2.45, 2.75) is 142 Å². The Morgan fingerprint density at radius 1 is 0.824 bits per heavy atom.